The van der Waals surface area contributed by atoms with Gasteiger partial charge in [0.15, 0.2) is 0 Å². The molecule has 3 N–H and O–H groups in total. The van der Waals surface area contributed by atoms with Crippen LogP contribution >= 0.6 is 0 Å². The predicted molar refractivity (Wildman–Crippen MR) is 67.4 cm³/mol. The fourth-order valence-electron chi connectivity index (χ4n) is 2.33. The van der Waals surface area contributed by atoms with Crippen molar-refractivity contribution in [2.45, 2.75) is 25.8 Å². The Kier molecular flexibility index (Phi) is 3.62. The van der Waals surface area contributed by atoms with E-state index in [1.54, 1.807) is 6.20 Å². The van der Waals surface area contributed by atoms with Crippen molar-refractivity contribution in [3.8, 4) is 0 Å². The van der Waals surface area contributed by atoms with Crippen LogP contribution in [0, 0.1) is 0 Å². The maximum atomic E-state index is 5.68. The van der Waals surface area contributed by atoms with E-state index in [0.717, 1.165) is 18.8 Å². The van der Waals surface area contributed by atoms with Crippen LogP contribution in [0.5, 0.6) is 0 Å². The van der Waals surface area contributed by atoms with Crippen LogP contribution in [0.15, 0.2) is 18.5 Å². The molecular weight excluding hydrogens is 200 g/mol. The molecule has 0 bridgehead atoms. The summed E-state index contributed by atoms with van der Waals surface area (Å²) in [6.45, 7) is 5.58. The number of nitrogens with zero attached hydrogens (tertiary/aromatic N) is 2. The number of nitrogens with one attached hydrogen (secondary N) is 1. The number of anilines is 2. The normalized spacial score (nSPS) is 21.2. The fraction of sp³-hybridized carbons (Fsp3) is 0.583. The molecule has 1 aliphatic heterocycles. The highest BCUT2D eigenvalue weighted by Crippen LogP contribution is 2.17. The molecule has 0 aromatic carbocycles. The molecule has 1 atom stereocenters. The molecule has 88 valence electrons. The molecule has 0 amide bonds. The molecule has 1 saturated heterocycles. The van der Waals surface area contributed by atoms with Gasteiger partial charge in [-0.1, -0.05) is 6.92 Å². The molecule has 0 aliphatic carbocycles. The zero-order chi connectivity index (χ0) is 11.4. The average Bonchev–Trinajstić information content (AvgIpc) is 2.74. The number of nitrogens with two attached hydrogens (primary N) is 1. The van der Waals surface area contributed by atoms with Gasteiger partial charge < -0.3 is 11.1 Å². The number of aromatic nitrogens is 1. The Hall–Kier alpha value is -1.29. The summed E-state index contributed by atoms with van der Waals surface area (Å²) in [4.78, 5) is 6.59. The third kappa shape index (κ3) is 2.64. The Bertz CT molecular complexity index is 340. The van der Waals surface area contributed by atoms with Gasteiger partial charge in [-0.05, 0) is 32.0 Å². The highest BCUT2D eigenvalue weighted by atomic mass is 15.2. The van der Waals surface area contributed by atoms with Crippen LogP contribution in [0.2, 0.25) is 0 Å². The Morgan fingerprint density at radius 2 is 2.44 bits per heavy atom. The molecule has 2 heterocycles. The quantitative estimate of drug-likeness (QED) is 0.808. The summed E-state index contributed by atoms with van der Waals surface area (Å²) in [5.41, 5.74) is 7.41. The zero-order valence-electron chi connectivity index (χ0n) is 9.82. The van der Waals surface area contributed by atoms with Crippen LogP contribution in [-0.2, 0) is 0 Å². The molecule has 4 nitrogen and oxygen atoms in total. The number of pyridine rings is 1. The van der Waals surface area contributed by atoms with Crippen molar-refractivity contribution in [3.63, 3.8) is 0 Å². The smallest absolute Gasteiger partial charge is 0.0547 e. The largest absolute Gasteiger partial charge is 0.397 e. The summed E-state index contributed by atoms with van der Waals surface area (Å²) >= 11 is 0. The minimum Gasteiger partial charge on any atom is -0.397 e. The highest BCUT2D eigenvalue weighted by molar-refractivity contribution is 5.51. The van der Waals surface area contributed by atoms with E-state index in [2.05, 4.69) is 22.1 Å². The zero-order valence-corrected chi connectivity index (χ0v) is 9.82. The van der Waals surface area contributed by atoms with Gasteiger partial charge in [-0.25, -0.2) is 0 Å². The van der Waals surface area contributed by atoms with E-state index < -0.39 is 0 Å². The van der Waals surface area contributed by atoms with Gasteiger partial charge in [-0.2, -0.15) is 0 Å². The summed E-state index contributed by atoms with van der Waals surface area (Å²) < 4.78 is 0. The lowest BCUT2D eigenvalue weighted by Gasteiger charge is -2.23. The fourth-order valence-corrected chi connectivity index (χ4v) is 2.33. The van der Waals surface area contributed by atoms with E-state index in [-0.39, 0.29) is 0 Å². The minimum atomic E-state index is 0.659. The maximum absolute atomic E-state index is 5.68. The molecule has 0 radical (unpaired) electrons. The number of hydrogen-bond donors (Lipinski definition) is 2. The molecule has 2 rings (SSSR count). The standard InChI is InChI=1S/C12H20N4/c1-2-16-5-3-4-12(16)9-15-11-6-10(13)7-14-8-11/h6-8,12,15H,2-5,9,13H2,1H3. The van der Waals surface area contributed by atoms with Crippen molar-refractivity contribution in [1.29, 1.82) is 0 Å². The van der Waals surface area contributed by atoms with Crippen molar-refractivity contribution in [2.75, 3.05) is 30.7 Å². The molecule has 1 aromatic rings. The molecule has 4 heteroatoms. The molecule has 1 aliphatic rings. The van der Waals surface area contributed by atoms with Gasteiger partial charge >= 0.3 is 0 Å². The van der Waals surface area contributed by atoms with Crippen molar-refractivity contribution in [1.82, 2.24) is 9.88 Å². The van der Waals surface area contributed by atoms with E-state index in [4.69, 9.17) is 5.73 Å². The Morgan fingerprint density at radius 1 is 1.56 bits per heavy atom. The molecular formula is C12H20N4. The number of likely N-dealkylation sites (tertiary alicyclic amines) is 1. The average molecular weight is 220 g/mol. The topological polar surface area (TPSA) is 54.2 Å². The summed E-state index contributed by atoms with van der Waals surface area (Å²) in [6.07, 6.45) is 6.09. The lowest BCUT2D eigenvalue weighted by molar-refractivity contribution is 0.277. The van der Waals surface area contributed by atoms with Gasteiger partial charge in [0.25, 0.3) is 0 Å². The summed E-state index contributed by atoms with van der Waals surface area (Å²) in [5, 5.41) is 3.41. The lowest BCUT2D eigenvalue weighted by atomic mass is 10.2. The Balaban J connectivity index is 1.87. The molecule has 0 saturated carbocycles. The van der Waals surface area contributed by atoms with E-state index in [1.807, 2.05) is 12.3 Å². The first-order chi connectivity index (χ1) is 7.79. The third-order valence-electron chi connectivity index (χ3n) is 3.21. The van der Waals surface area contributed by atoms with E-state index in [9.17, 15) is 0 Å². The van der Waals surface area contributed by atoms with Crippen LogP contribution in [-0.4, -0.2) is 35.6 Å². The van der Waals surface area contributed by atoms with E-state index >= 15 is 0 Å². The number of likely N-dealkylation sites (N-methyl/N-ethyl adjacent to an activating group) is 1. The van der Waals surface area contributed by atoms with Gasteiger partial charge in [0.1, 0.15) is 0 Å². The molecule has 16 heavy (non-hydrogen) atoms. The first-order valence-corrected chi connectivity index (χ1v) is 5.98. The second-order valence-corrected chi connectivity index (χ2v) is 4.31. The summed E-state index contributed by atoms with van der Waals surface area (Å²) in [7, 11) is 0. The van der Waals surface area contributed by atoms with Gasteiger partial charge in [-0.3, -0.25) is 9.88 Å². The molecule has 1 fully saturated rings. The third-order valence-corrected chi connectivity index (χ3v) is 3.21. The van der Waals surface area contributed by atoms with Crippen LogP contribution < -0.4 is 11.1 Å². The number of hydrogen-bond acceptors (Lipinski definition) is 4. The summed E-state index contributed by atoms with van der Waals surface area (Å²) in [5.74, 6) is 0. The second-order valence-electron chi connectivity index (χ2n) is 4.31. The number of nitrogen functional groups attached to an aromatic ring is 1. The highest BCUT2D eigenvalue weighted by Gasteiger charge is 2.22. The van der Waals surface area contributed by atoms with Gasteiger partial charge in [0.05, 0.1) is 17.6 Å². The molecule has 1 unspecified atom stereocenters. The van der Waals surface area contributed by atoms with Crippen LogP contribution in [0.1, 0.15) is 19.8 Å². The van der Waals surface area contributed by atoms with Gasteiger partial charge in [-0.15, -0.1) is 0 Å². The van der Waals surface area contributed by atoms with E-state index in [0.29, 0.717) is 11.7 Å². The molecule has 0 spiro atoms. The van der Waals surface area contributed by atoms with E-state index in [1.165, 1.54) is 19.4 Å². The van der Waals surface area contributed by atoms with Crippen LogP contribution in [0.4, 0.5) is 11.4 Å². The van der Waals surface area contributed by atoms with Crippen LogP contribution in [0.3, 0.4) is 0 Å². The van der Waals surface area contributed by atoms with Crippen LogP contribution in [0.25, 0.3) is 0 Å². The summed E-state index contributed by atoms with van der Waals surface area (Å²) in [6, 6.07) is 2.59. The second kappa shape index (κ2) is 5.16. The predicted octanol–water partition coefficient (Wildman–Crippen LogP) is 1.56. The van der Waals surface area contributed by atoms with Gasteiger partial charge in [0.2, 0.25) is 0 Å². The van der Waals surface area contributed by atoms with Gasteiger partial charge in [0, 0.05) is 18.8 Å². The van der Waals surface area contributed by atoms with Crippen molar-refractivity contribution < 1.29 is 0 Å². The molecule has 1 aromatic heterocycles. The first-order valence-electron chi connectivity index (χ1n) is 5.98. The maximum Gasteiger partial charge on any atom is 0.0547 e. The number of rotatable bonds is 4. The Labute approximate surface area is 96.8 Å². The van der Waals surface area contributed by atoms with Crippen molar-refractivity contribution >= 4 is 11.4 Å². The monoisotopic (exact) mass is 220 g/mol. The minimum absolute atomic E-state index is 0.659. The Morgan fingerprint density at radius 3 is 3.19 bits per heavy atom. The van der Waals surface area contributed by atoms with Crippen molar-refractivity contribution in [2.24, 2.45) is 0 Å². The SMILES string of the molecule is CCN1CCCC1CNc1cncc(N)c1. The lowest BCUT2D eigenvalue weighted by Crippen LogP contribution is -2.34. The first kappa shape index (κ1) is 11.2. The van der Waals surface area contributed by atoms with Crippen molar-refractivity contribution in [3.05, 3.63) is 18.5 Å².